The summed E-state index contributed by atoms with van der Waals surface area (Å²) in [4.78, 5) is 25.0. The fraction of sp³-hybridized carbons (Fsp3) is 0.360. The van der Waals surface area contributed by atoms with Crippen molar-refractivity contribution in [3.63, 3.8) is 0 Å². The summed E-state index contributed by atoms with van der Waals surface area (Å²) in [6.07, 6.45) is -0.745. The first-order valence-corrected chi connectivity index (χ1v) is 11.8. The number of nitrogens with zero attached hydrogens (tertiary/aromatic N) is 2. The third-order valence-corrected chi connectivity index (χ3v) is 6.17. The lowest BCUT2D eigenvalue weighted by Gasteiger charge is -2.19. The molecular weight excluding hydrogens is 491 g/mol. The van der Waals surface area contributed by atoms with Gasteiger partial charge in [0.1, 0.15) is 6.10 Å². The van der Waals surface area contributed by atoms with Crippen LogP contribution in [0.3, 0.4) is 0 Å². The number of hydrogen-bond acceptors (Lipinski definition) is 5. The second-order valence-electron chi connectivity index (χ2n) is 8.99. The van der Waals surface area contributed by atoms with Gasteiger partial charge in [-0.15, -0.1) is 0 Å². The maximum Gasteiger partial charge on any atom is 0.416 e. The lowest BCUT2D eigenvalue weighted by molar-refractivity contribution is -0.792. The van der Waals surface area contributed by atoms with Gasteiger partial charge in [0.2, 0.25) is 17.2 Å². The van der Waals surface area contributed by atoms with Gasteiger partial charge in [-0.3, -0.25) is 14.6 Å². The molecule has 3 aromatic rings. The van der Waals surface area contributed by atoms with E-state index in [1.54, 1.807) is 12.1 Å². The molecule has 4 N–H and O–H groups in total. The highest BCUT2D eigenvalue weighted by Gasteiger charge is 2.34. The van der Waals surface area contributed by atoms with Gasteiger partial charge in [0, 0.05) is 17.8 Å². The van der Waals surface area contributed by atoms with Gasteiger partial charge in [0.25, 0.3) is 6.20 Å². The highest BCUT2D eigenvalue weighted by Crippen LogP contribution is 2.33. The Balaban J connectivity index is 1.45. The van der Waals surface area contributed by atoms with Gasteiger partial charge < -0.3 is 15.7 Å². The Morgan fingerprint density at radius 2 is 1.78 bits per heavy atom. The number of hydrogen-bond donors (Lipinski definition) is 4. The van der Waals surface area contributed by atoms with Gasteiger partial charge in [-0.25, -0.2) is 4.79 Å². The number of carbonyl (C=O) groups excluding carboxylic acids is 2. The van der Waals surface area contributed by atoms with Gasteiger partial charge in [0.15, 0.2) is 0 Å². The van der Waals surface area contributed by atoms with E-state index in [1.807, 2.05) is 19.1 Å². The van der Waals surface area contributed by atoms with E-state index in [0.29, 0.717) is 12.8 Å². The van der Waals surface area contributed by atoms with Crippen LogP contribution in [0.25, 0.3) is 0 Å². The van der Waals surface area contributed by atoms with Crippen LogP contribution in [-0.4, -0.2) is 28.4 Å². The molecule has 0 spiro atoms. The Kier molecular flexibility index (Phi) is 7.77. The van der Waals surface area contributed by atoms with Gasteiger partial charge in [0.05, 0.1) is 12.0 Å². The SMILES string of the molecule is Cc1ccccc1CC(=O)Nc1cc(NC(=O)Nc2c[n+]([C@H]3CCCC[C@H]3O)no2)cc(C(F)(F)F)c1. The van der Waals surface area contributed by atoms with Crippen molar-refractivity contribution in [2.45, 2.75) is 57.3 Å². The molecule has 9 nitrogen and oxygen atoms in total. The Morgan fingerprint density at radius 1 is 1.08 bits per heavy atom. The molecule has 196 valence electrons. The minimum Gasteiger partial charge on any atom is -0.386 e. The van der Waals surface area contributed by atoms with Gasteiger partial charge in [-0.05, 0) is 53.8 Å². The second-order valence-corrected chi connectivity index (χ2v) is 8.99. The van der Waals surface area contributed by atoms with Crippen LogP contribution in [0.15, 0.2) is 53.2 Å². The van der Waals surface area contributed by atoms with Crippen LogP contribution >= 0.6 is 0 Å². The monoisotopic (exact) mass is 518 g/mol. The summed E-state index contributed by atoms with van der Waals surface area (Å²) < 4.78 is 47.0. The van der Waals surface area contributed by atoms with Crippen LogP contribution in [-0.2, 0) is 17.4 Å². The molecular formula is C25H27F3N5O4+. The highest BCUT2D eigenvalue weighted by atomic mass is 19.4. The van der Waals surface area contributed by atoms with Crippen LogP contribution in [0.5, 0.6) is 0 Å². The average Bonchev–Trinajstić information content (AvgIpc) is 3.28. The van der Waals surface area contributed by atoms with E-state index < -0.39 is 29.8 Å². The number of nitrogens with one attached hydrogen (secondary N) is 3. The molecule has 1 heterocycles. The number of aliphatic hydroxyl groups excluding tert-OH is 1. The zero-order valence-electron chi connectivity index (χ0n) is 20.0. The molecule has 1 fully saturated rings. The van der Waals surface area contributed by atoms with Crippen molar-refractivity contribution >= 4 is 29.2 Å². The van der Waals surface area contributed by atoms with Crippen LogP contribution in [0.4, 0.5) is 35.2 Å². The van der Waals surface area contributed by atoms with Crippen LogP contribution < -0.4 is 20.6 Å². The summed E-state index contributed by atoms with van der Waals surface area (Å²) in [5.41, 5.74) is 0.281. The van der Waals surface area contributed by atoms with Crippen molar-refractivity contribution in [1.29, 1.82) is 0 Å². The lowest BCUT2D eigenvalue weighted by Crippen LogP contribution is -2.48. The first-order valence-electron chi connectivity index (χ1n) is 11.8. The van der Waals surface area contributed by atoms with E-state index in [-0.39, 0.29) is 29.7 Å². The van der Waals surface area contributed by atoms with E-state index in [0.717, 1.165) is 36.1 Å². The van der Waals surface area contributed by atoms with Crippen LogP contribution in [0.1, 0.15) is 48.4 Å². The van der Waals surface area contributed by atoms with Gasteiger partial charge in [-0.1, -0.05) is 30.7 Å². The number of carbonyl (C=O) groups is 2. The highest BCUT2D eigenvalue weighted by molar-refractivity contribution is 6.00. The van der Waals surface area contributed by atoms with Crippen molar-refractivity contribution in [3.05, 3.63) is 65.4 Å². The quantitative estimate of drug-likeness (QED) is 0.356. The standard InChI is InChI=1S/C25H26F3N5O4/c1-15-6-2-3-7-16(15)10-22(35)29-18-11-17(25(26,27)28)12-19(13-18)30-24(36)31-23-14-33(32-37-23)20-8-4-5-9-21(20)34/h2-3,6-7,11-14,20-21,34H,4-5,8-10H2,1H3,(H2-,29,30,31,32,35,36)/p+1/t20-,21+/m0/s1. The van der Waals surface area contributed by atoms with Crippen LogP contribution in [0.2, 0.25) is 0 Å². The Hall–Kier alpha value is -3.93. The zero-order chi connectivity index (χ0) is 26.6. The average molecular weight is 519 g/mol. The molecule has 0 aliphatic heterocycles. The van der Waals surface area contributed by atoms with Crippen molar-refractivity contribution in [2.75, 3.05) is 16.0 Å². The molecule has 1 aliphatic rings. The third kappa shape index (κ3) is 6.85. The van der Waals surface area contributed by atoms with E-state index in [4.69, 9.17) is 4.52 Å². The molecule has 1 aromatic heterocycles. The molecule has 1 saturated carbocycles. The predicted molar refractivity (Wildman–Crippen MR) is 128 cm³/mol. The number of aromatic nitrogens is 2. The van der Waals surface area contributed by atoms with E-state index >= 15 is 0 Å². The van der Waals surface area contributed by atoms with Crippen molar-refractivity contribution in [2.24, 2.45) is 0 Å². The molecule has 37 heavy (non-hydrogen) atoms. The first kappa shape index (κ1) is 26.1. The zero-order valence-corrected chi connectivity index (χ0v) is 20.0. The van der Waals surface area contributed by atoms with Gasteiger partial charge >= 0.3 is 18.1 Å². The summed E-state index contributed by atoms with van der Waals surface area (Å²) in [5.74, 6) is -0.547. The minimum atomic E-state index is -4.71. The molecule has 3 amide bonds. The maximum atomic E-state index is 13.5. The number of aliphatic hydroxyl groups is 1. The second kappa shape index (κ2) is 11.0. The number of aryl methyl sites for hydroxylation is 1. The van der Waals surface area contributed by atoms with Crippen molar-refractivity contribution in [3.8, 4) is 0 Å². The number of anilines is 3. The molecule has 4 rings (SSSR count). The molecule has 1 aliphatic carbocycles. The fourth-order valence-electron chi connectivity index (χ4n) is 4.27. The minimum absolute atomic E-state index is 0.0205. The van der Waals surface area contributed by atoms with Crippen LogP contribution in [0, 0.1) is 6.92 Å². The summed E-state index contributed by atoms with van der Waals surface area (Å²) >= 11 is 0. The fourth-order valence-corrected chi connectivity index (χ4v) is 4.27. The largest absolute Gasteiger partial charge is 0.416 e. The number of halogens is 3. The molecule has 2 atom stereocenters. The van der Waals surface area contributed by atoms with Crippen molar-refractivity contribution < 1.29 is 37.1 Å². The topological polar surface area (TPSA) is 120 Å². The third-order valence-electron chi connectivity index (χ3n) is 6.17. The lowest BCUT2D eigenvalue weighted by atomic mass is 9.93. The Labute approximate surface area is 210 Å². The maximum absolute atomic E-state index is 13.5. The number of alkyl halides is 3. The molecule has 0 unspecified atom stereocenters. The predicted octanol–water partition coefficient (Wildman–Crippen LogP) is 4.59. The normalized spacial score (nSPS) is 17.8. The molecule has 0 bridgehead atoms. The molecule has 12 heteroatoms. The van der Waals surface area contributed by atoms with E-state index in [2.05, 4.69) is 21.2 Å². The van der Waals surface area contributed by atoms with E-state index in [9.17, 15) is 27.9 Å². The number of urea groups is 1. The Bertz CT molecular complexity index is 1280. The summed E-state index contributed by atoms with van der Waals surface area (Å²) in [6.45, 7) is 1.83. The van der Waals surface area contributed by atoms with Gasteiger partial charge in [-0.2, -0.15) is 13.2 Å². The smallest absolute Gasteiger partial charge is 0.386 e. The number of benzene rings is 2. The first-order chi connectivity index (χ1) is 17.6. The molecule has 2 aromatic carbocycles. The summed E-state index contributed by atoms with van der Waals surface area (Å²) in [7, 11) is 0. The number of rotatable bonds is 6. The Morgan fingerprint density at radius 3 is 2.49 bits per heavy atom. The van der Waals surface area contributed by atoms with Crippen molar-refractivity contribution in [1.82, 2.24) is 5.27 Å². The molecule has 0 saturated heterocycles. The summed E-state index contributed by atoms with van der Waals surface area (Å²) in [5, 5.41) is 21.2. The molecule has 0 radical (unpaired) electrons. The number of amides is 3. The van der Waals surface area contributed by atoms with E-state index in [1.165, 1.54) is 16.9 Å². The summed E-state index contributed by atoms with van der Waals surface area (Å²) in [6, 6.07) is 8.82.